The summed E-state index contributed by atoms with van der Waals surface area (Å²) in [5.41, 5.74) is 1.42. The molecule has 4 nitrogen and oxygen atoms in total. The van der Waals surface area contributed by atoms with Crippen molar-refractivity contribution in [3.05, 3.63) is 42.5 Å². The third kappa shape index (κ3) is 5.13. The molecule has 1 fully saturated rings. The van der Waals surface area contributed by atoms with Crippen LogP contribution in [0.4, 0.5) is 0 Å². The zero-order valence-corrected chi connectivity index (χ0v) is 13.8. The van der Waals surface area contributed by atoms with Crippen molar-refractivity contribution in [1.29, 1.82) is 0 Å². The maximum Gasteiger partial charge on any atom is 0.119 e. The summed E-state index contributed by atoms with van der Waals surface area (Å²) in [4.78, 5) is 2.50. The van der Waals surface area contributed by atoms with E-state index in [1.807, 2.05) is 12.1 Å². The highest BCUT2D eigenvalue weighted by Crippen LogP contribution is 2.16. The standard InChI is InChI=1S/C18H28N2O2/c1-4-11-22-17-7-5-16(6-8-17)14-19-15-18(2,3)20-9-12-21-13-10-20/h4-8,19H,1,9-15H2,2-3H3. The normalized spacial score (nSPS) is 16.5. The molecule has 0 amide bonds. The quantitative estimate of drug-likeness (QED) is 0.748. The summed E-state index contributed by atoms with van der Waals surface area (Å²) in [5, 5.41) is 3.56. The van der Waals surface area contributed by atoms with Crippen LogP contribution in [-0.2, 0) is 11.3 Å². The summed E-state index contributed by atoms with van der Waals surface area (Å²) >= 11 is 0. The van der Waals surface area contributed by atoms with Gasteiger partial charge < -0.3 is 14.8 Å². The Hall–Kier alpha value is -1.36. The molecule has 0 saturated carbocycles. The molecular weight excluding hydrogens is 276 g/mol. The first-order valence-electron chi connectivity index (χ1n) is 7.98. The van der Waals surface area contributed by atoms with Crippen LogP contribution in [0, 0.1) is 0 Å². The van der Waals surface area contributed by atoms with E-state index < -0.39 is 0 Å². The third-order valence-electron chi connectivity index (χ3n) is 4.05. The molecule has 0 unspecified atom stereocenters. The molecule has 0 aliphatic carbocycles. The van der Waals surface area contributed by atoms with Gasteiger partial charge in [-0.3, -0.25) is 4.90 Å². The Morgan fingerprint density at radius 2 is 1.95 bits per heavy atom. The number of nitrogens with zero attached hydrogens (tertiary/aromatic N) is 1. The van der Waals surface area contributed by atoms with Gasteiger partial charge in [0.2, 0.25) is 0 Å². The summed E-state index contributed by atoms with van der Waals surface area (Å²) < 4.78 is 10.9. The first kappa shape index (κ1) is 17.0. The SMILES string of the molecule is C=CCOc1ccc(CNCC(C)(C)N2CCOCC2)cc1. The number of nitrogens with one attached hydrogen (secondary N) is 1. The lowest BCUT2D eigenvalue weighted by Gasteiger charge is -2.41. The van der Waals surface area contributed by atoms with Crippen molar-refractivity contribution < 1.29 is 9.47 Å². The first-order valence-corrected chi connectivity index (χ1v) is 7.98. The van der Waals surface area contributed by atoms with E-state index in [1.165, 1.54) is 5.56 Å². The summed E-state index contributed by atoms with van der Waals surface area (Å²) in [7, 11) is 0. The molecule has 0 bridgehead atoms. The van der Waals surface area contributed by atoms with Gasteiger partial charge in [0, 0.05) is 31.7 Å². The molecule has 4 heteroatoms. The Balaban J connectivity index is 1.76. The van der Waals surface area contributed by atoms with E-state index in [0.29, 0.717) is 6.61 Å². The van der Waals surface area contributed by atoms with Crippen LogP contribution in [0.15, 0.2) is 36.9 Å². The number of morpholine rings is 1. The van der Waals surface area contributed by atoms with Crippen molar-refractivity contribution in [2.24, 2.45) is 0 Å². The monoisotopic (exact) mass is 304 g/mol. The lowest BCUT2D eigenvalue weighted by atomic mass is 10.0. The minimum Gasteiger partial charge on any atom is -0.490 e. The zero-order chi connectivity index (χ0) is 15.8. The predicted octanol–water partition coefficient (Wildman–Crippen LogP) is 2.45. The summed E-state index contributed by atoms with van der Waals surface area (Å²) in [5.74, 6) is 0.886. The van der Waals surface area contributed by atoms with Crippen LogP contribution < -0.4 is 10.1 Å². The van der Waals surface area contributed by atoms with E-state index in [9.17, 15) is 0 Å². The van der Waals surface area contributed by atoms with E-state index in [1.54, 1.807) is 6.08 Å². The molecule has 22 heavy (non-hydrogen) atoms. The van der Waals surface area contributed by atoms with E-state index in [0.717, 1.165) is 45.1 Å². The minimum atomic E-state index is 0.150. The second-order valence-corrected chi connectivity index (χ2v) is 6.26. The van der Waals surface area contributed by atoms with Crippen molar-refractivity contribution in [2.75, 3.05) is 39.5 Å². The maximum atomic E-state index is 5.49. The Morgan fingerprint density at radius 1 is 1.27 bits per heavy atom. The lowest BCUT2D eigenvalue weighted by Crippen LogP contribution is -2.54. The summed E-state index contributed by atoms with van der Waals surface area (Å²) in [6.07, 6.45) is 1.75. The summed E-state index contributed by atoms with van der Waals surface area (Å²) in [6.45, 7) is 14.3. The number of rotatable bonds is 8. The number of benzene rings is 1. The van der Waals surface area contributed by atoms with Crippen LogP contribution in [0.1, 0.15) is 19.4 Å². The average molecular weight is 304 g/mol. The second kappa shape index (κ2) is 8.32. The minimum absolute atomic E-state index is 0.150. The van der Waals surface area contributed by atoms with Gasteiger partial charge in [-0.25, -0.2) is 0 Å². The van der Waals surface area contributed by atoms with Crippen LogP contribution in [0.2, 0.25) is 0 Å². The predicted molar refractivity (Wildman–Crippen MR) is 90.3 cm³/mol. The number of ether oxygens (including phenoxy) is 2. The van der Waals surface area contributed by atoms with Gasteiger partial charge in [0.25, 0.3) is 0 Å². The molecule has 1 heterocycles. The second-order valence-electron chi connectivity index (χ2n) is 6.26. The topological polar surface area (TPSA) is 33.7 Å². The fourth-order valence-corrected chi connectivity index (χ4v) is 2.65. The highest BCUT2D eigenvalue weighted by Gasteiger charge is 2.27. The highest BCUT2D eigenvalue weighted by atomic mass is 16.5. The van der Waals surface area contributed by atoms with Gasteiger partial charge in [-0.1, -0.05) is 24.8 Å². The Bertz CT molecular complexity index is 451. The fraction of sp³-hybridized carbons (Fsp3) is 0.556. The van der Waals surface area contributed by atoms with Crippen molar-refractivity contribution in [1.82, 2.24) is 10.2 Å². The van der Waals surface area contributed by atoms with Gasteiger partial charge in [-0.15, -0.1) is 0 Å². The van der Waals surface area contributed by atoms with Gasteiger partial charge in [0.05, 0.1) is 13.2 Å². The van der Waals surface area contributed by atoms with E-state index in [2.05, 4.69) is 42.8 Å². The average Bonchev–Trinajstić information content (AvgIpc) is 2.55. The third-order valence-corrected chi connectivity index (χ3v) is 4.05. The molecule has 0 aromatic heterocycles. The Morgan fingerprint density at radius 3 is 2.59 bits per heavy atom. The molecule has 1 aromatic carbocycles. The molecule has 0 atom stereocenters. The molecule has 1 aromatic rings. The molecule has 1 N–H and O–H groups in total. The fourth-order valence-electron chi connectivity index (χ4n) is 2.65. The summed E-state index contributed by atoms with van der Waals surface area (Å²) in [6, 6.07) is 8.22. The molecule has 1 aliphatic heterocycles. The van der Waals surface area contributed by atoms with Crippen LogP contribution in [0.3, 0.4) is 0 Å². The van der Waals surface area contributed by atoms with Crippen molar-refractivity contribution in [2.45, 2.75) is 25.9 Å². The van der Waals surface area contributed by atoms with E-state index in [4.69, 9.17) is 9.47 Å². The molecule has 1 aliphatic rings. The van der Waals surface area contributed by atoms with Gasteiger partial charge in [0.1, 0.15) is 12.4 Å². The van der Waals surface area contributed by atoms with Gasteiger partial charge in [-0.05, 0) is 31.5 Å². The van der Waals surface area contributed by atoms with Crippen molar-refractivity contribution >= 4 is 0 Å². The first-order chi connectivity index (χ1) is 10.6. The molecule has 122 valence electrons. The molecular formula is C18H28N2O2. The molecule has 0 spiro atoms. The number of hydrogen-bond donors (Lipinski definition) is 1. The van der Waals surface area contributed by atoms with E-state index in [-0.39, 0.29) is 5.54 Å². The van der Waals surface area contributed by atoms with Crippen LogP contribution in [-0.4, -0.2) is 49.9 Å². The van der Waals surface area contributed by atoms with E-state index >= 15 is 0 Å². The Kier molecular flexibility index (Phi) is 6.43. The molecule has 1 saturated heterocycles. The maximum absolute atomic E-state index is 5.49. The van der Waals surface area contributed by atoms with Gasteiger partial charge >= 0.3 is 0 Å². The van der Waals surface area contributed by atoms with Crippen LogP contribution >= 0.6 is 0 Å². The Labute approximate surface area is 134 Å². The van der Waals surface area contributed by atoms with Crippen molar-refractivity contribution in [3.8, 4) is 5.75 Å². The van der Waals surface area contributed by atoms with Gasteiger partial charge in [-0.2, -0.15) is 0 Å². The smallest absolute Gasteiger partial charge is 0.119 e. The zero-order valence-electron chi connectivity index (χ0n) is 13.8. The van der Waals surface area contributed by atoms with Crippen LogP contribution in [0.25, 0.3) is 0 Å². The molecule has 0 radical (unpaired) electrons. The largest absolute Gasteiger partial charge is 0.490 e. The highest BCUT2D eigenvalue weighted by molar-refractivity contribution is 5.27. The van der Waals surface area contributed by atoms with Crippen LogP contribution in [0.5, 0.6) is 5.75 Å². The van der Waals surface area contributed by atoms with Gasteiger partial charge in [0.15, 0.2) is 0 Å². The number of hydrogen-bond acceptors (Lipinski definition) is 4. The lowest BCUT2D eigenvalue weighted by molar-refractivity contribution is -0.00966. The van der Waals surface area contributed by atoms with Crippen molar-refractivity contribution in [3.63, 3.8) is 0 Å². The molecule has 2 rings (SSSR count).